The van der Waals surface area contributed by atoms with Gasteiger partial charge in [-0.3, -0.25) is 9.59 Å². The average Bonchev–Trinajstić information content (AvgIpc) is 3.07. The zero-order valence-corrected chi connectivity index (χ0v) is 28.7. The molecule has 1 atom stereocenters. The van der Waals surface area contributed by atoms with E-state index in [0.717, 1.165) is 25.7 Å². The molecule has 0 heterocycles. The van der Waals surface area contributed by atoms with Crippen LogP contribution in [0.5, 0.6) is 0 Å². The molecule has 0 spiro atoms. The molecule has 0 aliphatic carbocycles. The first kappa shape index (κ1) is 44.5. The smallest absolute Gasteiger partial charge is 0.308 e. The maximum absolute atomic E-state index is 12.0. The van der Waals surface area contributed by atoms with Crippen LogP contribution in [0.1, 0.15) is 46.0 Å². The molecule has 0 aromatic heterocycles. The van der Waals surface area contributed by atoms with Crippen LogP contribution < -0.4 is 0 Å². The molecular weight excluding hydrogens is 608 g/mol. The molecule has 0 aromatic carbocycles. The van der Waals surface area contributed by atoms with Gasteiger partial charge < -0.3 is 56.8 Å². The fourth-order valence-electron chi connectivity index (χ4n) is 3.60. The van der Waals surface area contributed by atoms with Crippen molar-refractivity contribution in [3.63, 3.8) is 0 Å². The Morgan fingerprint density at radius 2 is 0.761 bits per heavy atom. The minimum absolute atomic E-state index is 0.00644. The highest BCUT2D eigenvalue weighted by atomic mass is 16.6. The molecule has 0 aliphatic heterocycles. The van der Waals surface area contributed by atoms with Gasteiger partial charge in [0.1, 0.15) is 6.61 Å². The molecule has 0 bridgehead atoms. The van der Waals surface area contributed by atoms with Crippen LogP contribution in [0.15, 0.2) is 0 Å². The number of carbonyl (C=O) groups is 2. The second-order valence-electron chi connectivity index (χ2n) is 9.86. The van der Waals surface area contributed by atoms with Crippen molar-refractivity contribution in [1.82, 2.24) is 0 Å². The Morgan fingerprint density at radius 3 is 1.04 bits per heavy atom. The number of methoxy groups -OCH3 is 1. The van der Waals surface area contributed by atoms with Crippen LogP contribution in [0.25, 0.3) is 0 Å². The van der Waals surface area contributed by atoms with Gasteiger partial charge in [-0.2, -0.15) is 0 Å². The molecule has 0 radical (unpaired) electrons. The van der Waals surface area contributed by atoms with Crippen molar-refractivity contribution in [3.05, 3.63) is 0 Å². The summed E-state index contributed by atoms with van der Waals surface area (Å²) in [6.45, 7) is 13.7. The summed E-state index contributed by atoms with van der Waals surface area (Å²) in [5.41, 5.74) is 0. The van der Waals surface area contributed by atoms with Crippen molar-refractivity contribution in [2.24, 2.45) is 5.92 Å². The number of hydrogen-bond acceptors (Lipinski definition) is 14. The van der Waals surface area contributed by atoms with Crippen LogP contribution in [0.3, 0.4) is 0 Å². The highest BCUT2D eigenvalue weighted by Gasteiger charge is 2.16. The van der Waals surface area contributed by atoms with Crippen molar-refractivity contribution in [1.29, 1.82) is 0 Å². The summed E-state index contributed by atoms with van der Waals surface area (Å²) in [6.07, 6.45) is 4.07. The van der Waals surface area contributed by atoms with E-state index >= 15 is 0 Å². The SMILES string of the molecule is CCCCC(CC)C(=O)OCCOCCOCCOCCOCCOCCOCCOCCOCCOCCOCCC(=O)OC. The monoisotopic (exact) mass is 670 g/mol. The van der Waals surface area contributed by atoms with Gasteiger partial charge in [-0.25, -0.2) is 0 Å². The molecule has 0 saturated carbocycles. The zero-order chi connectivity index (χ0) is 33.6. The zero-order valence-electron chi connectivity index (χ0n) is 28.7. The third-order valence-corrected chi connectivity index (χ3v) is 6.23. The average molecular weight is 671 g/mol. The Labute approximate surface area is 276 Å². The first-order chi connectivity index (χ1) is 22.7. The van der Waals surface area contributed by atoms with Gasteiger partial charge in [0, 0.05) is 0 Å². The molecule has 14 heteroatoms. The molecule has 274 valence electrons. The van der Waals surface area contributed by atoms with E-state index in [4.69, 9.17) is 52.1 Å². The Bertz CT molecular complexity index is 640. The highest BCUT2D eigenvalue weighted by molar-refractivity contribution is 5.72. The van der Waals surface area contributed by atoms with Gasteiger partial charge >= 0.3 is 11.9 Å². The molecule has 0 amide bonds. The lowest BCUT2D eigenvalue weighted by Crippen LogP contribution is -2.20. The second kappa shape index (κ2) is 38.0. The van der Waals surface area contributed by atoms with Crippen molar-refractivity contribution in [2.75, 3.05) is 146 Å². The predicted molar refractivity (Wildman–Crippen MR) is 169 cm³/mol. The maximum Gasteiger partial charge on any atom is 0.308 e. The van der Waals surface area contributed by atoms with Gasteiger partial charge in [0.15, 0.2) is 0 Å². The number of carbonyl (C=O) groups excluding carboxylic acids is 2. The van der Waals surface area contributed by atoms with Crippen LogP contribution >= 0.6 is 0 Å². The van der Waals surface area contributed by atoms with Gasteiger partial charge in [-0.05, 0) is 12.8 Å². The lowest BCUT2D eigenvalue weighted by Gasteiger charge is -2.13. The number of esters is 2. The normalized spacial score (nSPS) is 12.0. The fourth-order valence-corrected chi connectivity index (χ4v) is 3.60. The summed E-state index contributed by atoms with van der Waals surface area (Å²) in [5.74, 6) is -0.418. The fraction of sp³-hybridized carbons (Fsp3) is 0.938. The standard InChI is InChI=1S/C32H62O14/c1-4-6-7-30(5-2)32(34)46-29-28-45-27-26-44-25-24-43-23-22-42-21-20-41-19-18-40-17-16-39-15-14-38-13-12-37-11-10-36-9-8-31(33)35-3/h30H,4-29H2,1-3H3. The summed E-state index contributed by atoms with van der Waals surface area (Å²) >= 11 is 0. The van der Waals surface area contributed by atoms with Crippen LogP contribution in [0, 0.1) is 5.92 Å². The molecule has 1 unspecified atom stereocenters. The lowest BCUT2D eigenvalue weighted by molar-refractivity contribution is -0.150. The Hall–Kier alpha value is -1.46. The summed E-state index contributed by atoms with van der Waals surface area (Å²) < 4.78 is 64.1. The predicted octanol–water partition coefficient (Wildman–Crippen LogP) is 2.48. The molecule has 14 nitrogen and oxygen atoms in total. The number of unbranched alkanes of at least 4 members (excludes halogenated alkanes) is 1. The second-order valence-corrected chi connectivity index (χ2v) is 9.86. The third kappa shape index (κ3) is 33.9. The van der Waals surface area contributed by atoms with Crippen LogP contribution in [0.4, 0.5) is 0 Å². The molecule has 0 saturated heterocycles. The van der Waals surface area contributed by atoms with Crippen molar-refractivity contribution in [3.8, 4) is 0 Å². The quantitative estimate of drug-likeness (QED) is 0.0700. The van der Waals surface area contributed by atoms with E-state index in [1.165, 1.54) is 7.11 Å². The first-order valence-electron chi connectivity index (χ1n) is 16.7. The summed E-state index contributed by atoms with van der Waals surface area (Å²) in [7, 11) is 1.35. The summed E-state index contributed by atoms with van der Waals surface area (Å²) in [5, 5.41) is 0. The topological polar surface area (TPSA) is 145 Å². The van der Waals surface area contributed by atoms with Crippen LogP contribution in [-0.4, -0.2) is 158 Å². The summed E-state index contributed by atoms with van der Waals surface area (Å²) in [6, 6.07) is 0. The number of ether oxygens (including phenoxy) is 12. The molecule has 46 heavy (non-hydrogen) atoms. The van der Waals surface area contributed by atoms with E-state index in [0.29, 0.717) is 132 Å². The summed E-state index contributed by atoms with van der Waals surface area (Å²) in [4.78, 5) is 22.9. The van der Waals surface area contributed by atoms with Crippen molar-refractivity contribution in [2.45, 2.75) is 46.0 Å². The largest absolute Gasteiger partial charge is 0.469 e. The molecule has 0 N–H and O–H groups in total. The molecule has 0 rings (SSSR count). The Balaban J connectivity index is 3.15. The minimum atomic E-state index is -0.288. The van der Waals surface area contributed by atoms with E-state index in [9.17, 15) is 9.59 Å². The van der Waals surface area contributed by atoms with E-state index in [-0.39, 0.29) is 30.9 Å². The Morgan fingerprint density at radius 1 is 0.457 bits per heavy atom. The number of hydrogen-bond donors (Lipinski definition) is 0. The van der Waals surface area contributed by atoms with Gasteiger partial charge in [-0.1, -0.05) is 26.7 Å². The highest BCUT2D eigenvalue weighted by Crippen LogP contribution is 2.14. The van der Waals surface area contributed by atoms with E-state index in [1.807, 2.05) is 6.92 Å². The molecular formula is C32H62O14. The number of rotatable bonds is 38. The lowest BCUT2D eigenvalue weighted by atomic mass is 10.00. The van der Waals surface area contributed by atoms with Gasteiger partial charge in [-0.15, -0.1) is 0 Å². The van der Waals surface area contributed by atoms with Crippen LogP contribution in [-0.2, 0) is 66.4 Å². The van der Waals surface area contributed by atoms with Gasteiger partial charge in [0.25, 0.3) is 0 Å². The Kier molecular flexibility index (Phi) is 36.8. The van der Waals surface area contributed by atoms with Crippen LogP contribution in [0.2, 0.25) is 0 Å². The van der Waals surface area contributed by atoms with Crippen molar-refractivity contribution >= 4 is 11.9 Å². The molecule has 0 aliphatic rings. The van der Waals surface area contributed by atoms with Gasteiger partial charge in [0.2, 0.25) is 0 Å². The molecule has 0 aromatic rings. The van der Waals surface area contributed by atoms with E-state index in [2.05, 4.69) is 11.7 Å². The van der Waals surface area contributed by atoms with Gasteiger partial charge in [0.05, 0.1) is 152 Å². The first-order valence-corrected chi connectivity index (χ1v) is 16.7. The van der Waals surface area contributed by atoms with Crippen molar-refractivity contribution < 1.29 is 66.4 Å². The maximum atomic E-state index is 12.0. The van der Waals surface area contributed by atoms with E-state index < -0.39 is 0 Å². The third-order valence-electron chi connectivity index (χ3n) is 6.23. The van der Waals surface area contributed by atoms with E-state index in [1.54, 1.807) is 0 Å². The molecule has 0 fully saturated rings. The minimum Gasteiger partial charge on any atom is -0.469 e.